The van der Waals surface area contributed by atoms with Crippen LogP contribution in [-0.4, -0.2) is 21.8 Å². The number of rotatable bonds is 8. The number of ether oxygens (including phenoxy) is 1. The summed E-state index contributed by atoms with van der Waals surface area (Å²) in [6.07, 6.45) is 8.49. The van der Waals surface area contributed by atoms with Crippen LogP contribution in [0.2, 0.25) is 0 Å². The lowest BCUT2D eigenvalue weighted by Gasteiger charge is -2.18. The van der Waals surface area contributed by atoms with Crippen LogP contribution < -0.4 is 0 Å². The second kappa shape index (κ2) is 8.71. The molecule has 1 aliphatic carbocycles. The third-order valence-corrected chi connectivity index (χ3v) is 6.64. The van der Waals surface area contributed by atoms with E-state index in [1.807, 2.05) is 24.3 Å². The van der Waals surface area contributed by atoms with E-state index in [0.717, 1.165) is 23.1 Å². The summed E-state index contributed by atoms with van der Waals surface area (Å²) in [6.45, 7) is 10.2. The zero-order valence-electron chi connectivity index (χ0n) is 17.3. The molecule has 1 saturated carbocycles. The molecule has 0 unspecified atom stereocenters. The van der Waals surface area contributed by atoms with Gasteiger partial charge in [-0.1, -0.05) is 43.3 Å². The van der Waals surface area contributed by atoms with E-state index in [0.29, 0.717) is 21.1 Å². The number of hydrogen-bond donors (Lipinski definition) is 0. The fourth-order valence-electron chi connectivity index (χ4n) is 3.08. The van der Waals surface area contributed by atoms with Crippen LogP contribution in [0.25, 0.3) is 5.57 Å². The van der Waals surface area contributed by atoms with Crippen molar-refractivity contribution in [2.24, 2.45) is 5.41 Å². The molecule has 0 radical (unpaired) electrons. The predicted molar refractivity (Wildman–Crippen MR) is 118 cm³/mol. The van der Waals surface area contributed by atoms with Gasteiger partial charge in [0.2, 0.25) is 0 Å². The quantitative estimate of drug-likeness (QED) is 0.367. The van der Waals surface area contributed by atoms with E-state index in [-0.39, 0.29) is 0 Å². The minimum Gasteiger partial charge on any atom is -0.495 e. The zero-order chi connectivity index (χ0) is 21.1. The molecule has 5 heteroatoms. The molecule has 1 aromatic carbocycles. The van der Waals surface area contributed by atoms with Gasteiger partial charge < -0.3 is 4.74 Å². The van der Waals surface area contributed by atoms with E-state index in [9.17, 15) is 8.42 Å². The van der Waals surface area contributed by atoms with Gasteiger partial charge in [-0.25, -0.2) is 8.42 Å². The van der Waals surface area contributed by atoms with Crippen molar-refractivity contribution in [2.75, 3.05) is 13.4 Å². The van der Waals surface area contributed by atoms with Crippen molar-refractivity contribution < 1.29 is 13.2 Å². The first-order chi connectivity index (χ1) is 13.0. The van der Waals surface area contributed by atoms with Crippen molar-refractivity contribution in [3.8, 4) is 0 Å². The second-order valence-electron chi connectivity index (χ2n) is 7.88. The van der Waals surface area contributed by atoms with Crippen molar-refractivity contribution in [1.82, 2.24) is 0 Å². The molecule has 0 saturated heterocycles. The van der Waals surface area contributed by atoms with Crippen LogP contribution in [0, 0.1) is 5.41 Å². The molecule has 152 valence electrons. The van der Waals surface area contributed by atoms with Crippen molar-refractivity contribution in [3.05, 3.63) is 70.5 Å². The number of methoxy groups -OCH3 is 1. The predicted octanol–water partition coefficient (Wildman–Crippen LogP) is 6.28. The molecule has 0 amide bonds. The van der Waals surface area contributed by atoms with Gasteiger partial charge in [0.15, 0.2) is 9.84 Å². The lowest BCUT2D eigenvalue weighted by atomic mass is 9.88. The number of hydrogen-bond acceptors (Lipinski definition) is 3. The first-order valence-corrected chi connectivity index (χ1v) is 11.5. The largest absolute Gasteiger partial charge is 0.495 e. The Morgan fingerprint density at radius 3 is 2.21 bits per heavy atom. The lowest BCUT2D eigenvalue weighted by Crippen LogP contribution is -2.01. The number of allylic oxidation sites excluding steroid dienone is 6. The van der Waals surface area contributed by atoms with E-state index in [1.54, 1.807) is 19.2 Å². The van der Waals surface area contributed by atoms with E-state index in [2.05, 4.69) is 27.4 Å². The molecular formula is C23H29ClO3S. The molecule has 0 bridgehead atoms. The Balaban J connectivity index is 2.47. The summed E-state index contributed by atoms with van der Waals surface area (Å²) in [4.78, 5) is 0.334. The standard InChI is InChI=1S/C23H29ClO3S/c1-16(7-12-22(27-5)18(3)24)21(15-23(4)13-14-23)17(2)19-8-10-20(11-9-19)28(6,25)26/h7-12H,3,13-15H2,1-2,4-6H3/b16-7+,21-17-,22-12+. The van der Waals surface area contributed by atoms with Crippen molar-refractivity contribution in [2.45, 2.75) is 44.9 Å². The highest BCUT2D eigenvalue weighted by molar-refractivity contribution is 7.90. The van der Waals surface area contributed by atoms with Crippen LogP contribution in [0.1, 0.15) is 45.6 Å². The third-order valence-electron chi connectivity index (χ3n) is 5.32. The lowest BCUT2D eigenvalue weighted by molar-refractivity contribution is 0.305. The monoisotopic (exact) mass is 420 g/mol. The molecule has 0 heterocycles. The molecule has 0 N–H and O–H groups in total. The van der Waals surface area contributed by atoms with Crippen molar-refractivity contribution in [3.63, 3.8) is 0 Å². The molecule has 2 rings (SSSR count). The molecular weight excluding hydrogens is 392 g/mol. The number of halogens is 1. The summed E-state index contributed by atoms with van der Waals surface area (Å²) < 4.78 is 28.7. The van der Waals surface area contributed by atoms with Gasteiger partial charge in [-0.05, 0) is 79.0 Å². The van der Waals surface area contributed by atoms with Gasteiger partial charge in [0.05, 0.1) is 17.0 Å². The molecule has 1 aliphatic rings. The van der Waals surface area contributed by atoms with E-state index >= 15 is 0 Å². The van der Waals surface area contributed by atoms with Gasteiger partial charge in [0.25, 0.3) is 0 Å². The van der Waals surface area contributed by atoms with Crippen molar-refractivity contribution in [1.29, 1.82) is 0 Å². The summed E-state index contributed by atoms with van der Waals surface area (Å²) in [5.41, 5.74) is 4.91. The first kappa shape index (κ1) is 22.5. The smallest absolute Gasteiger partial charge is 0.175 e. The maximum atomic E-state index is 11.7. The molecule has 0 atom stereocenters. The topological polar surface area (TPSA) is 43.4 Å². The average Bonchev–Trinajstić information content (AvgIpc) is 3.36. The van der Waals surface area contributed by atoms with Gasteiger partial charge >= 0.3 is 0 Å². The molecule has 3 nitrogen and oxygen atoms in total. The number of benzene rings is 1. The Labute approximate surface area is 174 Å². The Kier molecular flexibility index (Phi) is 7.00. The Hall–Kier alpha value is -1.78. The second-order valence-corrected chi connectivity index (χ2v) is 10.3. The highest BCUT2D eigenvalue weighted by Crippen LogP contribution is 2.51. The average molecular weight is 421 g/mol. The molecule has 0 aliphatic heterocycles. The van der Waals surface area contributed by atoms with Crippen molar-refractivity contribution >= 4 is 27.0 Å². The maximum Gasteiger partial charge on any atom is 0.175 e. The minimum atomic E-state index is -3.20. The molecule has 0 spiro atoms. The van der Waals surface area contributed by atoms with E-state index < -0.39 is 9.84 Å². The fourth-order valence-corrected chi connectivity index (χ4v) is 3.85. The Morgan fingerprint density at radius 2 is 1.79 bits per heavy atom. The van der Waals surface area contributed by atoms with E-state index in [4.69, 9.17) is 16.3 Å². The van der Waals surface area contributed by atoms with Gasteiger partial charge in [0.1, 0.15) is 5.76 Å². The zero-order valence-corrected chi connectivity index (χ0v) is 18.9. The van der Waals surface area contributed by atoms with Crippen LogP contribution >= 0.6 is 11.6 Å². The summed E-state index contributed by atoms with van der Waals surface area (Å²) in [5.74, 6) is 0.535. The molecule has 1 aromatic rings. The molecule has 1 fully saturated rings. The van der Waals surface area contributed by atoms with Crippen LogP contribution in [0.3, 0.4) is 0 Å². The molecule has 28 heavy (non-hydrogen) atoms. The highest BCUT2D eigenvalue weighted by Gasteiger charge is 2.38. The number of sulfone groups is 1. The van der Waals surface area contributed by atoms with Gasteiger partial charge in [-0.15, -0.1) is 0 Å². The normalized spacial score (nSPS) is 17.8. The Morgan fingerprint density at radius 1 is 1.21 bits per heavy atom. The highest BCUT2D eigenvalue weighted by atomic mass is 35.5. The summed E-state index contributed by atoms with van der Waals surface area (Å²) >= 11 is 5.96. The first-order valence-electron chi connectivity index (χ1n) is 9.25. The summed E-state index contributed by atoms with van der Waals surface area (Å²) in [7, 11) is -1.63. The summed E-state index contributed by atoms with van der Waals surface area (Å²) in [5, 5.41) is 0.360. The van der Waals surface area contributed by atoms with E-state index in [1.165, 1.54) is 24.7 Å². The van der Waals surface area contributed by atoms with Crippen LogP contribution in [0.5, 0.6) is 0 Å². The van der Waals surface area contributed by atoms with Crippen LogP contribution in [0.15, 0.2) is 69.8 Å². The van der Waals surface area contributed by atoms with Gasteiger partial charge in [-0.2, -0.15) is 0 Å². The van der Waals surface area contributed by atoms with Gasteiger partial charge in [-0.3, -0.25) is 0 Å². The summed E-state index contributed by atoms with van der Waals surface area (Å²) in [6, 6.07) is 7.10. The SMILES string of the molecule is C=C(Cl)\C(=C/C=C(C)/C(CC1(C)CC1)=C(/C)c1ccc(S(C)(=O)=O)cc1)OC. The third kappa shape index (κ3) is 5.86. The van der Waals surface area contributed by atoms with Gasteiger partial charge in [0, 0.05) is 6.26 Å². The molecule has 0 aromatic heterocycles. The maximum absolute atomic E-state index is 11.7. The Bertz CT molecular complexity index is 944. The van der Waals surface area contributed by atoms with Crippen LogP contribution in [-0.2, 0) is 14.6 Å². The fraction of sp³-hybridized carbons (Fsp3) is 0.391. The van der Waals surface area contributed by atoms with Crippen LogP contribution in [0.4, 0.5) is 0 Å². The minimum absolute atomic E-state index is 0.334.